The number of nitrogens with zero attached hydrogens (tertiary/aromatic N) is 2. The summed E-state index contributed by atoms with van der Waals surface area (Å²) in [7, 11) is 0. The maximum Gasteiger partial charge on any atom is 0.283 e. The minimum atomic E-state index is -0.367. The molecule has 0 bridgehead atoms. The smallest absolute Gasteiger partial charge is 0.283 e. The number of carbonyl (C=O) groups is 1. The van der Waals surface area contributed by atoms with Crippen molar-refractivity contribution in [1.82, 2.24) is 10.3 Å². The van der Waals surface area contributed by atoms with Crippen LogP contribution in [-0.4, -0.2) is 16.2 Å². The van der Waals surface area contributed by atoms with Gasteiger partial charge in [0, 0.05) is 11.3 Å². The maximum absolute atomic E-state index is 11.7. The van der Waals surface area contributed by atoms with Gasteiger partial charge in [0.2, 0.25) is 0 Å². The fourth-order valence-corrected chi connectivity index (χ4v) is 1.19. The average molecular weight is 205 g/mol. The molecular formula is C10H9N2O3-. The molecule has 0 saturated heterocycles. The first-order valence-corrected chi connectivity index (χ1v) is 4.41. The number of carbonyl (C=O) groups excluding carboxylic acids is 1. The van der Waals surface area contributed by atoms with Crippen molar-refractivity contribution in [3.63, 3.8) is 0 Å². The topological polar surface area (TPSA) is 55.8 Å². The molecule has 0 aromatic heterocycles. The molecule has 0 atom stereocenters. The lowest BCUT2D eigenvalue weighted by Gasteiger charge is -2.24. The Balaban J connectivity index is 2.18. The van der Waals surface area contributed by atoms with Crippen LogP contribution in [0.25, 0.3) is 0 Å². The first kappa shape index (κ1) is 9.70. The molecule has 0 unspecified atom stereocenters. The van der Waals surface area contributed by atoms with Crippen LogP contribution >= 0.6 is 0 Å². The minimum Gasteiger partial charge on any atom is -0.732 e. The van der Waals surface area contributed by atoms with E-state index < -0.39 is 0 Å². The number of benzene rings is 1. The summed E-state index contributed by atoms with van der Waals surface area (Å²) in [6.45, 7) is 1.56. The van der Waals surface area contributed by atoms with Crippen LogP contribution in [0.5, 0.6) is 0 Å². The first-order chi connectivity index (χ1) is 7.18. The Morgan fingerprint density at radius 1 is 1.33 bits per heavy atom. The number of allylic oxidation sites excluding steroid dienone is 1. The molecule has 0 N–H and O–H groups in total. The van der Waals surface area contributed by atoms with E-state index in [1.807, 2.05) is 6.07 Å². The third-order valence-corrected chi connectivity index (χ3v) is 1.98. The second-order valence-electron chi connectivity index (χ2n) is 3.11. The quantitative estimate of drug-likeness (QED) is 0.699. The molecule has 1 aromatic carbocycles. The van der Waals surface area contributed by atoms with E-state index in [0.29, 0.717) is 16.5 Å². The van der Waals surface area contributed by atoms with Crippen molar-refractivity contribution in [2.75, 3.05) is 0 Å². The fraction of sp³-hybridized carbons (Fsp3) is 0.100. The lowest BCUT2D eigenvalue weighted by atomic mass is 10.2. The van der Waals surface area contributed by atoms with Crippen LogP contribution < -0.4 is 0 Å². The third-order valence-electron chi connectivity index (χ3n) is 1.98. The number of hydrogen-bond acceptors (Lipinski definition) is 4. The number of amides is 1. The summed E-state index contributed by atoms with van der Waals surface area (Å²) in [5.74, 6) is -0.367. The molecule has 1 aliphatic heterocycles. The first-order valence-electron chi connectivity index (χ1n) is 4.41. The van der Waals surface area contributed by atoms with Crippen LogP contribution in [0, 0.1) is 5.21 Å². The van der Waals surface area contributed by atoms with E-state index >= 15 is 0 Å². The lowest BCUT2D eigenvalue weighted by Crippen LogP contribution is -2.25. The molecule has 2 rings (SSSR count). The van der Waals surface area contributed by atoms with Crippen molar-refractivity contribution >= 4 is 5.91 Å². The van der Waals surface area contributed by atoms with Gasteiger partial charge in [0.05, 0.1) is 6.20 Å². The molecule has 78 valence electrons. The molecule has 0 fully saturated rings. The average Bonchev–Trinajstić information content (AvgIpc) is 2.59. The molecule has 0 saturated carbocycles. The van der Waals surface area contributed by atoms with E-state index in [9.17, 15) is 10.0 Å². The van der Waals surface area contributed by atoms with E-state index in [1.165, 1.54) is 6.20 Å². The molecular weight excluding hydrogens is 196 g/mol. The molecule has 5 heteroatoms. The number of hydrogen-bond donors (Lipinski definition) is 0. The van der Waals surface area contributed by atoms with Gasteiger partial charge in [-0.05, 0) is 19.1 Å². The molecule has 0 radical (unpaired) electrons. The summed E-state index contributed by atoms with van der Waals surface area (Å²) in [4.78, 5) is 16.4. The Morgan fingerprint density at radius 3 is 2.53 bits per heavy atom. The minimum absolute atomic E-state index is 0.292. The third kappa shape index (κ3) is 1.83. The van der Waals surface area contributed by atoms with Gasteiger partial charge in [-0.15, -0.1) is 0 Å². The summed E-state index contributed by atoms with van der Waals surface area (Å²) in [6.07, 6.45) is 1.35. The predicted octanol–water partition coefficient (Wildman–Crippen LogP) is 1.65. The highest BCUT2D eigenvalue weighted by atomic mass is 17.0. The number of rotatable bonds is 1. The van der Waals surface area contributed by atoms with Crippen LogP contribution in [0.15, 0.2) is 42.2 Å². The van der Waals surface area contributed by atoms with E-state index in [2.05, 4.69) is 4.94 Å². The van der Waals surface area contributed by atoms with Crippen molar-refractivity contribution in [3.8, 4) is 0 Å². The van der Waals surface area contributed by atoms with Gasteiger partial charge in [0.25, 0.3) is 5.91 Å². The zero-order valence-corrected chi connectivity index (χ0v) is 8.08. The van der Waals surface area contributed by atoms with Crippen molar-refractivity contribution in [3.05, 3.63) is 53.0 Å². The highest BCUT2D eigenvalue weighted by molar-refractivity contribution is 5.94. The SMILES string of the molecule is CC1=CN(C(=O)c2ccccc2)ON1[O-]. The monoisotopic (exact) mass is 205 g/mol. The second-order valence-corrected chi connectivity index (χ2v) is 3.11. The van der Waals surface area contributed by atoms with Gasteiger partial charge in [-0.1, -0.05) is 18.2 Å². The normalized spacial score (nSPS) is 15.5. The number of hydroxylamine groups is 4. The fourth-order valence-electron chi connectivity index (χ4n) is 1.19. The molecule has 1 aromatic rings. The standard InChI is InChI=1S/C10H9N2O3/c1-8-7-11(15-12(8)14)10(13)9-5-3-2-4-6-9/h2-7H,1H3/q-1. The van der Waals surface area contributed by atoms with Crippen LogP contribution in [0.2, 0.25) is 0 Å². The van der Waals surface area contributed by atoms with Crippen molar-refractivity contribution < 1.29 is 9.73 Å². The Bertz CT molecular complexity index is 402. The van der Waals surface area contributed by atoms with Crippen LogP contribution in [0.1, 0.15) is 17.3 Å². The van der Waals surface area contributed by atoms with Gasteiger partial charge >= 0.3 is 0 Å². The summed E-state index contributed by atoms with van der Waals surface area (Å²) in [5.41, 5.74) is 0.802. The zero-order chi connectivity index (χ0) is 10.8. The molecule has 0 aliphatic carbocycles. The highest BCUT2D eigenvalue weighted by Gasteiger charge is 2.20. The summed E-state index contributed by atoms with van der Waals surface area (Å²) >= 11 is 0. The summed E-state index contributed by atoms with van der Waals surface area (Å²) in [6, 6.07) is 8.61. The van der Waals surface area contributed by atoms with Gasteiger partial charge < -0.3 is 5.21 Å². The zero-order valence-electron chi connectivity index (χ0n) is 8.08. The van der Waals surface area contributed by atoms with Gasteiger partial charge in [0.15, 0.2) is 0 Å². The van der Waals surface area contributed by atoms with Gasteiger partial charge in [-0.25, -0.2) is 0 Å². The molecule has 5 nitrogen and oxygen atoms in total. The summed E-state index contributed by atoms with van der Waals surface area (Å²) < 4.78 is 0. The van der Waals surface area contributed by atoms with E-state index in [-0.39, 0.29) is 5.91 Å². The van der Waals surface area contributed by atoms with Gasteiger partial charge in [0.1, 0.15) is 0 Å². The van der Waals surface area contributed by atoms with Crippen LogP contribution in [-0.2, 0) is 4.94 Å². The van der Waals surface area contributed by atoms with Crippen LogP contribution in [0.4, 0.5) is 0 Å². The molecule has 1 heterocycles. The lowest BCUT2D eigenvalue weighted by molar-refractivity contribution is -0.211. The van der Waals surface area contributed by atoms with Gasteiger partial charge in [-0.3, -0.25) is 10.0 Å². The molecule has 1 amide bonds. The maximum atomic E-state index is 11.7. The summed E-state index contributed by atoms with van der Waals surface area (Å²) in [5, 5.41) is 12.2. The highest BCUT2D eigenvalue weighted by Crippen LogP contribution is 2.17. The van der Waals surface area contributed by atoms with E-state index in [4.69, 9.17) is 0 Å². The van der Waals surface area contributed by atoms with Crippen molar-refractivity contribution in [2.24, 2.45) is 0 Å². The van der Waals surface area contributed by atoms with Gasteiger partial charge in [-0.2, -0.15) is 10.0 Å². The largest absolute Gasteiger partial charge is 0.732 e. The van der Waals surface area contributed by atoms with E-state index in [0.717, 1.165) is 5.06 Å². The predicted molar refractivity (Wildman–Crippen MR) is 52.7 cm³/mol. The molecule has 1 aliphatic rings. The molecule has 0 spiro atoms. The van der Waals surface area contributed by atoms with Crippen molar-refractivity contribution in [1.29, 1.82) is 0 Å². The Labute approximate surface area is 86.6 Å². The Hall–Kier alpha value is -1.85. The molecule has 15 heavy (non-hydrogen) atoms. The van der Waals surface area contributed by atoms with Crippen LogP contribution in [0.3, 0.4) is 0 Å². The second kappa shape index (κ2) is 3.72. The Kier molecular flexibility index (Phi) is 2.40. The van der Waals surface area contributed by atoms with E-state index in [1.54, 1.807) is 31.2 Å². The van der Waals surface area contributed by atoms with Crippen molar-refractivity contribution in [2.45, 2.75) is 6.92 Å². The Morgan fingerprint density at radius 2 is 2.00 bits per heavy atom.